The molecule has 0 saturated carbocycles. The van der Waals surface area contributed by atoms with Crippen molar-refractivity contribution in [3.8, 4) is 11.3 Å². The van der Waals surface area contributed by atoms with E-state index < -0.39 is 0 Å². The molecule has 128 valence electrons. The van der Waals surface area contributed by atoms with Crippen LogP contribution in [0.1, 0.15) is 11.1 Å². The average Bonchev–Trinajstić information content (AvgIpc) is 2.69. The normalized spacial score (nSPS) is 11.0. The quantitative estimate of drug-likeness (QED) is 0.543. The van der Waals surface area contributed by atoms with Gasteiger partial charge in [0, 0.05) is 17.5 Å². The summed E-state index contributed by atoms with van der Waals surface area (Å²) in [7, 11) is 0. The third-order valence-electron chi connectivity index (χ3n) is 4.65. The van der Waals surface area contributed by atoms with Gasteiger partial charge in [0.2, 0.25) is 0 Å². The number of rotatable bonds is 4. The van der Waals surface area contributed by atoms with Crippen LogP contribution in [0.15, 0.2) is 83.7 Å². The molecule has 0 aliphatic carbocycles. The van der Waals surface area contributed by atoms with Crippen molar-refractivity contribution < 1.29 is 0 Å². The van der Waals surface area contributed by atoms with Gasteiger partial charge in [0.05, 0.1) is 11.1 Å². The molecule has 1 heterocycles. The molecule has 0 saturated heterocycles. The van der Waals surface area contributed by atoms with Gasteiger partial charge in [-0.3, -0.25) is 4.79 Å². The standard InChI is InChI=1S/C23H20N2O/c1-17-11-13-19(14-12-17)22-20-9-5-6-10-21(20)23(26)25(24-22)16-15-18-7-3-2-4-8-18/h2-14H,15-16H2,1H3. The van der Waals surface area contributed by atoms with E-state index in [1.165, 1.54) is 11.1 Å². The fraction of sp³-hybridized carbons (Fsp3) is 0.130. The van der Waals surface area contributed by atoms with Crippen molar-refractivity contribution >= 4 is 10.8 Å². The van der Waals surface area contributed by atoms with Gasteiger partial charge in [0.15, 0.2) is 0 Å². The summed E-state index contributed by atoms with van der Waals surface area (Å²) >= 11 is 0. The lowest BCUT2D eigenvalue weighted by Gasteiger charge is -2.11. The van der Waals surface area contributed by atoms with Crippen molar-refractivity contribution in [3.63, 3.8) is 0 Å². The van der Waals surface area contributed by atoms with Crippen LogP contribution in [-0.4, -0.2) is 9.78 Å². The molecule has 0 amide bonds. The number of aromatic nitrogens is 2. The van der Waals surface area contributed by atoms with Gasteiger partial charge in [0.25, 0.3) is 5.56 Å². The molecule has 0 radical (unpaired) electrons. The highest BCUT2D eigenvalue weighted by Gasteiger charge is 2.12. The zero-order chi connectivity index (χ0) is 17.9. The first-order valence-electron chi connectivity index (χ1n) is 8.83. The second-order valence-corrected chi connectivity index (χ2v) is 6.52. The molecular weight excluding hydrogens is 320 g/mol. The summed E-state index contributed by atoms with van der Waals surface area (Å²) in [6.07, 6.45) is 0.777. The largest absolute Gasteiger partial charge is 0.274 e. The Morgan fingerprint density at radius 2 is 1.46 bits per heavy atom. The molecule has 0 aliphatic rings. The Morgan fingerprint density at radius 3 is 2.19 bits per heavy atom. The molecule has 0 spiro atoms. The first-order valence-corrected chi connectivity index (χ1v) is 8.83. The first kappa shape index (κ1) is 16.3. The lowest BCUT2D eigenvalue weighted by atomic mass is 10.0. The van der Waals surface area contributed by atoms with Crippen LogP contribution < -0.4 is 5.56 Å². The molecule has 0 aliphatic heterocycles. The van der Waals surface area contributed by atoms with Gasteiger partial charge in [-0.2, -0.15) is 5.10 Å². The van der Waals surface area contributed by atoms with Crippen LogP contribution in [0.4, 0.5) is 0 Å². The van der Waals surface area contributed by atoms with E-state index in [9.17, 15) is 4.79 Å². The molecule has 4 rings (SSSR count). The van der Waals surface area contributed by atoms with E-state index in [0.29, 0.717) is 11.9 Å². The number of aryl methyl sites for hydroxylation is 3. The zero-order valence-electron chi connectivity index (χ0n) is 14.7. The van der Waals surface area contributed by atoms with Crippen molar-refractivity contribution in [2.75, 3.05) is 0 Å². The predicted molar refractivity (Wildman–Crippen MR) is 106 cm³/mol. The van der Waals surface area contributed by atoms with Gasteiger partial charge in [-0.15, -0.1) is 0 Å². The first-order chi connectivity index (χ1) is 12.7. The minimum Gasteiger partial charge on any atom is -0.267 e. The number of fused-ring (bicyclic) bond motifs is 1. The van der Waals surface area contributed by atoms with E-state index in [1.807, 2.05) is 42.5 Å². The van der Waals surface area contributed by atoms with Crippen LogP contribution >= 0.6 is 0 Å². The van der Waals surface area contributed by atoms with Crippen molar-refractivity contribution in [1.82, 2.24) is 9.78 Å². The molecule has 3 nitrogen and oxygen atoms in total. The molecule has 0 fully saturated rings. The van der Waals surface area contributed by atoms with E-state index in [4.69, 9.17) is 5.10 Å². The molecule has 0 bridgehead atoms. The number of hydrogen-bond donors (Lipinski definition) is 0. The molecule has 0 atom stereocenters. The van der Waals surface area contributed by atoms with Gasteiger partial charge in [-0.05, 0) is 25.0 Å². The Kier molecular flexibility index (Phi) is 4.36. The second kappa shape index (κ2) is 6.96. The third kappa shape index (κ3) is 3.16. The van der Waals surface area contributed by atoms with Crippen molar-refractivity contribution in [3.05, 3.63) is 100 Å². The Bertz CT molecular complexity index is 1100. The Morgan fingerprint density at radius 1 is 0.808 bits per heavy atom. The fourth-order valence-corrected chi connectivity index (χ4v) is 3.19. The van der Waals surface area contributed by atoms with E-state index in [1.54, 1.807) is 4.68 Å². The maximum Gasteiger partial charge on any atom is 0.274 e. The SMILES string of the molecule is Cc1ccc(-c2nn(CCc3ccccc3)c(=O)c3ccccc23)cc1. The zero-order valence-corrected chi connectivity index (χ0v) is 14.7. The summed E-state index contributed by atoms with van der Waals surface area (Å²) in [5, 5.41) is 6.33. The highest BCUT2D eigenvalue weighted by Crippen LogP contribution is 2.24. The number of benzene rings is 3. The fourth-order valence-electron chi connectivity index (χ4n) is 3.19. The van der Waals surface area contributed by atoms with Gasteiger partial charge < -0.3 is 0 Å². The van der Waals surface area contributed by atoms with Crippen molar-refractivity contribution in [1.29, 1.82) is 0 Å². The summed E-state index contributed by atoms with van der Waals surface area (Å²) in [5.41, 5.74) is 4.25. The summed E-state index contributed by atoms with van der Waals surface area (Å²) < 4.78 is 1.60. The average molecular weight is 340 g/mol. The van der Waals surface area contributed by atoms with Crippen LogP contribution in [0.25, 0.3) is 22.0 Å². The third-order valence-corrected chi connectivity index (χ3v) is 4.65. The summed E-state index contributed by atoms with van der Waals surface area (Å²) in [6, 6.07) is 26.2. The van der Waals surface area contributed by atoms with Crippen LogP contribution in [0.2, 0.25) is 0 Å². The number of nitrogens with zero attached hydrogens (tertiary/aromatic N) is 2. The highest BCUT2D eigenvalue weighted by atomic mass is 16.1. The molecule has 3 aromatic carbocycles. The van der Waals surface area contributed by atoms with Gasteiger partial charge >= 0.3 is 0 Å². The minimum absolute atomic E-state index is 0.0348. The topological polar surface area (TPSA) is 34.9 Å². The summed E-state index contributed by atoms with van der Waals surface area (Å²) in [4.78, 5) is 12.9. The molecule has 3 heteroatoms. The summed E-state index contributed by atoms with van der Waals surface area (Å²) in [5.74, 6) is 0. The molecule has 0 N–H and O–H groups in total. The smallest absolute Gasteiger partial charge is 0.267 e. The number of hydrogen-bond acceptors (Lipinski definition) is 2. The molecule has 0 unspecified atom stereocenters. The predicted octanol–water partition coefficient (Wildman–Crippen LogP) is 4.61. The van der Waals surface area contributed by atoms with E-state index in [-0.39, 0.29) is 5.56 Å². The van der Waals surface area contributed by atoms with Gasteiger partial charge in [-0.25, -0.2) is 4.68 Å². The maximum atomic E-state index is 12.9. The molecule has 4 aromatic rings. The second-order valence-electron chi connectivity index (χ2n) is 6.52. The Balaban J connectivity index is 1.82. The lowest BCUT2D eigenvalue weighted by molar-refractivity contribution is 0.587. The van der Waals surface area contributed by atoms with Crippen LogP contribution in [0.5, 0.6) is 0 Å². The molecule has 1 aromatic heterocycles. The van der Waals surface area contributed by atoms with E-state index in [2.05, 4.69) is 43.3 Å². The Labute approximate surface area is 152 Å². The van der Waals surface area contributed by atoms with Crippen molar-refractivity contribution in [2.45, 2.75) is 19.9 Å². The molecule has 26 heavy (non-hydrogen) atoms. The van der Waals surface area contributed by atoms with Crippen LogP contribution in [0.3, 0.4) is 0 Å². The van der Waals surface area contributed by atoms with Gasteiger partial charge in [-0.1, -0.05) is 78.4 Å². The lowest BCUT2D eigenvalue weighted by Crippen LogP contribution is -2.24. The summed E-state index contributed by atoms with van der Waals surface area (Å²) in [6.45, 7) is 2.63. The molecular formula is C23H20N2O. The van der Waals surface area contributed by atoms with Crippen LogP contribution in [0, 0.1) is 6.92 Å². The Hall–Kier alpha value is -3.20. The highest BCUT2D eigenvalue weighted by molar-refractivity contribution is 5.93. The maximum absolute atomic E-state index is 12.9. The minimum atomic E-state index is -0.0348. The van der Waals surface area contributed by atoms with Crippen LogP contribution in [-0.2, 0) is 13.0 Å². The van der Waals surface area contributed by atoms with E-state index >= 15 is 0 Å². The monoisotopic (exact) mass is 340 g/mol. The van der Waals surface area contributed by atoms with Crippen molar-refractivity contribution in [2.24, 2.45) is 0 Å². The van der Waals surface area contributed by atoms with E-state index in [0.717, 1.165) is 23.1 Å². The van der Waals surface area contributed by atoms with Gasteiger partial charge in [0.1, 0.15) is 0 Å².